The molecule has 0 heterocycles. The Labute approximate surface area is 80.6 Å². The summed E-state index contributed by atoms with van der Waals surface area (Å²) in [6.07, 6.45) is 1.85. The van der Waals surface area contributed by atoms with Crippen molar-refractivity contribution in [2.75, 3.05) is 11.9 Å². The average molecular weight is 259 g/mol. The molecule has 1 N–H and O–H groups in total. The highest BCUT2D eigenvalue weighted by molar-refractivity contribution is 14.1. The largest absolute Gasteiger partial charge is 0.381 e. The molecule has 0 amide bonds. The van der Waals surface area contributed by atoms with Crippen molar-refractivity contribution < 1.29 is 0 Å². The topological polar surface area (TPSA) is 12.0 Å². The minimum absolute atomic E-state index is 0.819. The third kappa shape index (κ3) is 2.54. The maximum atomic E-state index is 3.64. The Hall–Kier alpha value is -0.510. The summed E-state index contributed by atoms with van der Waals surface area (Å²) in [5.74, 6) is 0. The van der Waals surface area contributed by atoms with E-state index in [2.05, 4.69) is 46.6 Å². The quantitative estimate of drug-likeness (QED) is 0.650. The molecule has 0 unspecified atom stereocenters. The second kappa shape index (κ2) is 4.38. The van der Waals surface area contributed by atoms with Crippen LogP contribution in [0.3, 0.4) is 0 Å². The van der Waals surface area contributed by atoms with Gasteiger partial charge in [0.2, 0.25) is 0 Å². The normalized spacial score (nSPS) is 9.18. The highest BCUT2D eigenvalue weighted by atomic mass is 127. The van der Waals surface area contributed by atoms with Crippen LogP contribution in [-0.4, -0.2) is 6.54 Å². The third-order valence-corrected chi connectivity index (χ3v) is 2.25. The summed E-state index contributed by atoms with van der Waals surface area (Å²) in [5.41, 5.74) is 1.17. The first-order valence-corrected chi connectivity index (χ1v) is 4.52. The van der Waals surface area contributed by atoms with Crippen LogP contribution < -0.4 is 5.32 Å². The molecule has 0 radical (unpaired) electrons. The van der Waals surface area contributed by atoms with Crippen molar-refractivity contribution in [3.8, 4) is 0 Å². The first-order chi connectivity index (χ1) is 5.34. The molecule has 58 valence electrons. The van der Waals surface area contributed by atoms with Crippen LogP contribution in [-0.2, 0) is 0 Å². The Kier molecular flexibility index (Phi) is 3.42. The fourth-order valence-corrected chi connectivity index (χ4v) is 1.36. The molecule has 1 nitrogen and oxygen atoms in total. The van der Waals surface area contributed by atoms with Crippen LogP contribution in [0.25, 0.3) is 0 Å². The van der Waals surface area contributed by atoms with Crippen molar-refractivity contribution in [2.24, 2.45) is 0 Å². The Balaban J connectivity index is 2.69. The van der Waals surface area contributed by atoms with Gasteiger partial charge < -0.3 is 5.32 Å². The minimum Gasteiger partial charge on any atom is -0.381 e. The summed E-state index contributed by atoms with van der Waals surface area (Å²) < 4.78 is 1.24. The van der Waals surface area contributed by atoms with E-state index in [9.17, 15) is 0 Å². The van der Waals surface area contributed by atoms with Gasteiger partial charge in [-0.05, 0) is 34.7 Å². The summed E-state index contributed by atoms with van der Waals surface area (Å²) >= 11 is 2.30. The van der Waals surface area contributed by atoms with Gasteiger partial charge in [0, 0.05) is 15.8 Å². The fourth-order valence-electron chi connectivity index (χ4n) is 0.787. The van der Waals surface area contributed by atoms with Crippen molar-refractivity contribution >= 4 is 28.3 Å². The lowest BCUT2D eigenvalue weighted by Gasteiger charge is -2.04. The number of nitrogens with one attached hydrogen (secondary N) is 1. The first-order valence-electron chi connectivity index (χ1n) is 3.44. The molecule has 0 fully saturated rings. The lowest BCUT2D eigenvalue weighted by molar-refractivity contribution is 1.33. The van der Waals surface area contributed by atoms with E-state index in [0.717, 1.165) is 6.54 Å². The van der Waals surface area contributed by atoms with Gasteiger partial charge in [-0.1, -0.05) is 18.2 Å². The summed E-state index contributed by atoms with van der Waals surface area (Å²) in [5, 5.41) is 3.24. The van der Waals surface area contributed by atoms with Gasteiger partial charge in [-0.2, -0.15) is 0 Å². The molecule has 0 aliphatic carbocycles. The monoisotopic (exact) mass is 259 g/mol. The zero-order chi connectivity index (χ0) is 8.10. The van der Waals surface area contributed by atoms with Gasteiger partial charge >= 0.3 is 0 Å². The summed E-state index contributed by atoms with van der Waals surface area (Å²) in [4.78, 5) is 0. The molecule has 2 heteroatoms. The van der Waals surface area contributed by atoms with Crippen molar-refractivity contribution in [1.29, 1.82) is 0 Å². The summed E-state index contributed by atoms with van der Waals surface area (Å²) in [6, 6.07) is 8.19. The van der Waals surface area contributed by atoms with Crippen molar-refractivity contribution in [2.45, 2.75) is 0 Å². The van der Waals surface area contributed by atoms with Gasteiger partial charge in [-0.25, -0.2) is 0 Å². The van der Waals surface area contributed by atoms with Gasteiger partial charge in [0.15, 0.2) is 0 Å². The SMILES string of the molecule is C=CCNc1ccccc1I. The lowest BCUT2D eigenvalue weighted by atomic mass is 10.3. The molecule has 0 saturated heterocycles. The molecule has 0 spiro atoms. The van der Waals surface area contributed by atoms with Crippen LogP contribution in [0.5, 0.6) is 0 Å². The van der Waals surface area contributed by atoms with E-state index in [1.807, 2.05) is 18.2 Å². The minimum atomic E-state index is 0.819. The van der Waals surface area contributed by atoms with Gasteiger partial charge in [-0.3, -0.25) is 0 Å². The number of benzene rings is 1. The Bertz CT molecular complexity index is 245. The van der Waals surface area contributed by atoms with E-state index in [0.29, 0.717) is 0 Å². The van der Waals surface area contributed by atoms with E-state index in [-0.39, 0.29) is 0 Å². The molecule has 0 aliphatic rings. The molecular formula is C9H10IN. The van der Waals surface area contributed by atoms with Crippen LogP contribution in [0.2, 0.25) is 0 Å². The zero-order valence-electron chi connectivity index (χ0n) is 6.18. The number of halogens is 1. The molecule has 11 heavy (non-hydrogen) atoms. The summed E-state index contributed by atoms with van der Waals surface area (Å²) in [7, 11) is 0. The smallest absolute Gasteiger partial charge is 0.0478 e. The van der Waals surface area contributed by atoms with E-state index >= 15 is 0 Å². The van der Waals surface area contributed by atoms with Gasteiger partial charge in [0.1, 0.15) is 0 Å². The highest BCUT2D eigenvalue weighted by Gasteiger charge is 1.93. The first kappa shape index (κ1) is 8.59. The van der Waals surface area contributed by atoms with Crippen LogP contribution >= 0.6 is 22.6 Å². The van der Waals surface area contributed by atoms with Crippen molar-refractivity contribution in [1.82, 2.24) is 0 Å². The van der Waals surface area contributed by atoms with E-state index in [4.69, 9.17) is 0 Å². The molecule has 1 aromatic carbocycles. The molecular weight excluding hydrogens is 249 g/mol. The van der Waals surface area contributed by atoms with Crippen molar-refractivity contribution in [3.63, 3.8) is 0 Å². The molecule has 0 saturated carbocycles. The molecule has 1 rings (SSSR count). The number of hydrogen-bond acceptors (Lipinski definition) is 1. The molecule has 0 atom stereocenters. The summed E-state index contributed by atoms with van der Waals surface area (Å²) in [6.45, 7) is 4.46. The maximum absolute atomic E-state index is 3.64. The van der Waals surface area contributed by atoms with E-state index in [1.54, 1.807) is 0 Å². The molecule has 0 bridgehead atoms. The standard InChI is InChI=1S/C9H10IN/c1-2-7-11-9-6-4-3-5-8(9)10/h2-6,11H,1,7H2. The van der Waals surface area contributed by atoms with E-state index < -0.39 is 0 Å². The van der Waals surface area contributed by atoms with Gasteiger partial charge in [-0.15, -0.1) is 6.58 Å². The molecule has 1 aromatic rings. The Morgan fingerprint density at radius 3 is 2.82 bits per heavy atom. The number of anilines is 1. The van der Waals surface area contributed by atoms with Gasteiger partial charge in [0.05, 0.1) is 0 Å². The number of hydrogen-bond donors (Lipinski definition) is 1. The van der Waals surface area contributed by atoms with E-state index in [1.165, 1.54) is 9.26 Å². The highest BCUT2D eigenvalue weighted by Crippen LogP contribution is 2.16. The Morgan fingerprint density at radius 1 is 1.45 bits per heavy atom. The number of para-hydroxylation sites is 1. The van der Waals surface area contributed by atoms with Crippen LogP contribution in [0.1, 0.15) is 0 Å². The predicted octanol–water partition coefficient (Wildman–Crippen LogP) is 2.89. The van der Waals surface area contributed by atoms with Crippen molar-refractivity contribution in [3.05, 3.63) is 40.5 Å². The van der Waals surface area contributed by atoms with Crippen LogP contribution in [0.4, 0.5) is 5.69 Å². The fraction of sp³-hybridized carbons (Fsp3) is 0.111. The zero-order valence-corrected chi connectivity index (χ0v) is 8.34. The lowest BCUT2D eigenvalue weighted by Crippen LogP contribution is -1.98. The Morgan fingerprint density at radius 2 is 2.18 bits per heavy atom. The maximum Gasteiger partial charge on any atom is 0.0478 e. The van der Waals surface area contributed by atoms with Gasteiger partial charge in [0.25, 0.3) is 0 Å². The van der Waals surface area contributed by atoms with Crippen LogP contribution in [0.15, 0.2) is 36.9 Å². The molecule has 0 aliphatic heterocycles. The van der Waals surface area contributed by atoms with Crippen LogP contribution in [0, 0.1) is 3.57 Å². The predicted molar refractivity (Wildman–Crippen MR) is 57.8 cm³/mol. The third-order valence-electron chi connectivity index (χ3n) is 1.31. The second-order valence-electron chi connectivity index (χ2n) is 2.15. The number of rotatable bonds is 3. The molecule has 0 aromatic heterocycles. The second-order valence-corrected chi connectivity index (χ2v) is 3.31. The average Bonchev–Trinajstić information content (AvgIpc) is 2.03.